The van der Waals surface area contributed by atoms with Gasteiger partial charge in [0.15, 0.2) is 0 Å². The molecule has 15 heavy (non-hydrogen) atoms. The van der Waals surface area contributed by atoms with E-state index in [2.05, 4.69) is 26.1 Å². The summed E-state index contributed by atoms with van der Waals surface area (Å²) in [5, 5.41) is 3.05. The summed E-state index contributed by atoms with van der Waals surface area (Å²) in [6.45, 7) is 9.77. The van der Waals surface area contributed by atoms with Crippen LogP contribution in [0.4, 0.5) is 0 Å². The molecule has 0 heterocycles. The minimum atomic E-state index is -0.0468. The second-order valence-electron chi connectivity index (χ2n) is 4.43. The number of likely N-dealkylation sites (N-methyl/N-ethyl adjacent to an activating group) is 1. The van der Waals surface area contributed by atoms with Gasteiger partial charge in [0.2, 0.25) is 0 Å². The second-order valence-corrected chi connectivity index (χ2v) is 4.43. The summed E-state index contributed by atoms with van der Waals surface area (Å²) in [4.78, 5) is 0. The summed E-state index contributed by atoms with van der Waals surface area (Å²) >= 11 is 0. The molecule has 0 fully saturated rings. The minimum absolute atomic E-state index is 0.0468. The highest BCUT2D eigenvalue weighted by molar-refractivity contribution is 4.67. The Kier molecular flexibility index (Phi) is 9.06. The highest BCUT2D eigenvalue weighted by atomic mass is 16.5. The van der Waals surface area contributed by atoms with Gasteiger partial charge in [0.25, 0.3) is 0 Å². The zero-order valence-electron chi connectivity index (χ0n) is 10.8. The molecule has 0 aromatic heterocycles. The number of nitrogens with one attached hydrogen (secondary N) is 1. The lowest BCUT2D eigenvalue weighted by molar-refractivity contribution is -0.0413. The Bertz CT molecular complexity index is 138. The van der Waals surface area contributed by atoms with Gasteiger partial charge < -0.3 is 14.8 Å². The highest BCUT2D eigenvalue weighted by Gasteiger charge is 2.17. The van der Waals surface area contributed by atoms with E-state index >= 15 is 0 Å². The molecule has 0 rings (SSSR count). The van der Waals surface area contributed by atoms with E-state index < -0.39 is 0 Å². The molecule has 0 aliphatic heterocycles. The molecule has 1 N–H and O–H groups in total. The fraction of sp³-hybridized carbons (Fsp3) is 1.00. The molecule has 0 aliphatic rings. The van der Waals surface area contributed by atoms with E-state index in [0.29, 0.717) is 0 Å². The van der Waals surface area contributed by atoms with E-state index in [4.69, 9.17) is 9.47 Å². The largest absolute Gasteiger partial charge is 0.380 e. The van der Waals surface area contributed by atoms with Crippen molar-refractivity contribution in [3.63, 3.8) is 0 Å². The summed E-state index contributed by atoms with van der Waals surface area (Å²) in [7, 11) is 1.93. The van der Waals surface area contributed by atoms with Gasteiger partial charge in [-0.15, -0.1) is 0 Å². The molecule has 0 spiro atoms. The fourth-order valence-electron chi connectivity index (χ4n) is 1.16. The predicted molar refractivity (Wildman–Crippen MR) is 64.3 cm³/mol. The van der Waals surface area contributed by atoms with E-state index in [0.717, 1.165) is 39.2 Å². The number of unbranched alkanes of at least 4 members (excludes halogenated alkanes) is 1. The molecule has 0 aliphatic carbocycles. The van der Waals surface area contributed by atoms with Crippen molar-refractivity contribution >= 4 is 0 Å². The van der Waals surface area contributed by atoms with Crippen LogP contribution in [0.25, 0.3) is 0 Å². The lowest BCUT2D eigenvalue weighted by Crippen LogP contribution is -2.27. The van der Waals surface area contributed by atoms with E-state index in [-0.39, 0.29) is 5.60 Å². The topological polar surface area (TPSA) is 30.5 Å². The molecule has 0 bridgehead atoms. The van der Waals surface area contributed by atoms with Gasteiger partial charge in [0.1, 0.15) is 0 Å². The first-order valence-corrected chi connectivity index (χ1v) is 5.98. The molecular formula is C12H27NO2. The van der Waals surface area contributed by atoms with Crippen LogP contribution < -0.4 is 5.32 Å². The maximum atomic E-state index is 5.78. The number of ether oxygens (including phenoxy) is 2. The van der Waals surface area contributed by atoms with Crippen LogP contribution in [0.5, 0.6) is 0 Å². The third kappa shape index (κ3) is 10.2. The summed E-state index contributed by atoms with van der Waals surface area (Å²) < 4.78 is 11.3. The van der Waals surface area contributed by atoms with Crippen LogP contribution in [0.15, 0.2) is 0 Å². The molecule has 0 radical (unpaired) electrons. The summed E-state index contributed by atoms with van der Waals surface area (Å²) in [6, 6.07) is 0. The number of hydrogen-bond donors (Lipinski definition) is 1. The summed E-state index contributed by atoms with van der Waals surface area (Å²) in [5.41, 5.74) is -0.0468. The molecule has 3 nitrogen and oxygen atoms in total. The Balaban J connectivity index is 3.38. The SMILES string of the molecule is CCCCOC(C)(C)CCOCCNC. The van der Waals surface area contributed by atoms with Crippen molar-refractivity contribution in [1.82, 2.24) is 5.32 Å². The Labute approximate surface area is 94.5 Å². The Morgan fingerprint density at radius 3 is 2.47 bits per heavy atom. The van der Waals surface area contributed by atoms with Gasteiger partial charge in [-0.1, -0.05) is 13.3 Å². The van der Waals surface area contributed by atoms with Crippen molar-refractivity contribution < 1.29 is 9.47 Å². The number of rotatable bonds is 10. The van der Waals surface area contributed by atoms with Crippen molar-refractivity contribution in [3.8, 4) is 0 Å². The van der Waals surface area contributed by atoms with Gasteiger partial charge in [-0.05, 0) is 33.7 Å². The molecule has 0 atom stereocenters. The van der Waals surface area contributed by atoms with Crippen molar-refractivity contribution in [2.45, 2.75) is 45.6 Å². The Morgan fingerprint density at radius 1 is 1.13 bits per heavy atom. The van der Waals surface area contributed by atoms with Crippen molar-refractivity contribution in [2.24, 2.45) is 0 Å². The molecule has 0 aromatic rings. The summed E-state index contributed by atoms with van der Waals surface area (Å²) in [5.74, 6) is 0. The van der Waals surface area contributed by atoms with Gasteiger partial charge in [0.05, 0.1) is 12.2 Å². The van der Waals surface area contributed by atoms with Gasteiger partial charge in [-0.3, -0.25) is 0 Å². The minimum Gasteiger partial charge on any atom is -0.380 e. The average molecular weight is 217 g/mol. The summed E-state index contributed by atoms with van der Waals surface area (Å²) in [6.07, 6.45) is 3.29. The van der Waals surface area contributed by atoms with Gasteiger partial charge in [-0.25, -0.2) is 0 Å². The smallest absolute Gasteiger partial charge is 0.0648 e. The monoisotopic (exact) mass is 217 g/mol. The lowest BCUT2D eigenvalue weighted by Gasteiger charge is -2.25. The van der Waals surface area contributed by atoms with Gasteiger partial charge >= 0.3 is 0 Å². The fourth-order valence-corrected chi connectivity index (χ4v) is 1.16. The van der Waals surface area contributed by atoms with Crippen LogP contribution in [-0.4, -0.2) is 39.0 Å². The number of hydrogen-bond acceptors (Lipinski definition) is 3. The zero-order chi connectivity index (χ0) is 11.6. The predicted octanol–water partition coefficient (Wildman–Crippen LogP) is 2.21. The normalized spacial score (nSPS) is 12.0. The van der Waals surface area contributed by atoms with E-state index in [9.17, 15) is 0 Å². The van der Waals surface area contributed by atoms with Crippen LogP contribution in [0.3, 0.4) is 0 Å². The van der Waals surface area contributed by atoms with Gasteiger partial charge in [-0.2, -0.15) is 0 Å². The van der Waals surface area contributed by atoms with Crippen LogP contribution in [0.1, 0.15) is 40.0 Å². The highest BCUT2D eigenvalue weighted by Crippen LogP contribution is 2.14. The average Bonchev–Trinajstić information content (AvgIpc) is 2.17. The van der Waals surface area contributed by atoms with Crippen LogP contribution in [0.2, 0.25) is 0 Å². The zero-order valence-corrected chi connectivity index (χ0v) is 10.8. The van der Waals surface area contributed by atoms with Crippen molar-refractivity contribution in [2.75, 3.05) is 33.4 Å². The van der Waals surface area contributed by atoms with Crippen LogP contribution in [-0.2, 0) is 9.47 Å². The molecular weight excluding hydrogens is 190 g/mol. The van der Waals surface area contributed by atoms with E-state index in [1.165, 1.54) is 6.42 Å². The molecule has 3 heteroatoms. The van der Waals surface area contributed by atoms with E-state index in [1.54, 1.807) is 0 Å². The first-order valence-electron chi connectivity index (χ1n) is 5.98. The molecule has 0 saturated heterocycles. The van der Waals surface area contributed by atoms with E-state index in [1.807, 2.05) is 7.05 Å². The first-order chi connectivity index (χ1) is 7.12. The third-order valence-corrected chi connectivity index (χ3v) is 2.34. The molecule has 0 aromatic carbocycles. The van der Waals surface area contributed by atoms with Crippen LogP contribution in [0, 0.1) is 0 Å². The Morgan fingerprint density at radius 2 is 1.87 bits per heavy atom. The standard InChI is InChI=1S/C12H27NO2/c1-5-6-9-15-12(2,3)7-10-14-11-8-13-4/h13H,5-11H2,1-4H3. The maximum absolute atomic E-state index is 5.78. The second kappa shape index (κ2) is 9.13. The van der Waals surface area contributed by atoms with Crippen molar-refractivity contribution in [1.29, 1.82) is 0 Å². The van der Waals surface area contributed by atoms with Crippen LogP contribution >= 0.6 is 0 Å². The first kappa shape index (κ1) is 14.9. The maximum Gasteiger partial charge on any atom is 0.0648 e. The molecule has 0 unspecified atom stereocenters. The molecule has 0 saturated carbocycles. The quantitative estimate of drug-likeness (QED) is 0.569. The Hall–Kier alpha value is -0.120. The molecule has 92 valence electrons. The lowest BCUT2D eigenvalue weighted by atomic mass is 10.1. The third-order valence-electron chi connectivity index (χ3n) is 2.34. The van der Waals surface area contributed by atoms with Gasteiger partial charge in [0, 0.05) is 19.8 Å². The molecule has 0 amide bonds. The van der Waals surface area contributed by atoms with Crippen molar-refractivity contribution in [3.05, 3.63) is 0 Å².